The van der Waals surface area contributed by atoms with Gasteiger partial charge >= 0.3 is 13.8 Å². The summed E-state index contributed by atoms with van der Waals surface area (Å²) in [6.45, 7) is 3.30. The van der Waals surface area contributed by atoms with E-state index in [4.69, 9.17) is 18.5 Å². The molecule has 2 aromatic rings. The second kappa shape index (κ2) is 18.8. The number of carbonyl (C=O) groups excluding carboxylic acids is 1. The molecule has 2 aromatic carbocycles. The zero-order valence-corrected chi connectivity index (χ0v) is 26.7. The summed E-state index contributed by atoms with van der Waals surface area (Å²) in [5.41, 5.74) is 0.868. The highest BCUT2D eigenvalue weighted by molar-refractivity contribution is 8.02. The van der Waals surface area contributed by atoms with Crippen LogP contribution in [0.1, 0.15) is 99.9 Å². The van der Waals surface area contributed by atoms with Crippen molar-refractivity contribution in [1.29, 1.82) is 0 Å². The molecular weight excluding hydrogens is 573 g/mol. The third-order valence-electron chi connectivity index (χ3n) is 6.96. The lowest BCUT2D eigenvalue weighted by Gasteiger charge is -2.18. The topological polar surface area (TPSA) is 94.5 Å². The van der Waals surface area contributed by atoms with E-state index in [-0.39, 0.29) is 22.8 Å². The van der Waals surface area contributed by atoms with Crippen molar-refractivity contribution in [3.63, 3.8) is 0 Å². The van der Waals surface area contributed by atoms with Crippen LogP contribution in [-0.2, 0) is 15.8 Å². The van der Waals surface area contributed by atoms with E-state index in [1.165, 1.54) is 71.0 Å². The number of ether oxygens (including phenoxy) is 2. The van der Waals surface area contributed by atoms with Crippen molar-refractivity contribution in [1.82, 2.24) is 4.90 Å². The molecule has 0 aromatic heterocycles. The number of unbranched alkanes of at least 4 members (excludes halogenated alkanes) is 11. The zero-order chi connectivity index (χ0) is 30.0. The molecule has 1 N–H and O–H groups in total. The third kappa shape index (κ3) is 12.3. The van der Waals surface area contributed by atoms with Crippen LogP contribution in [0.5, 0.6) is 17.2 Å². The molecule has 1 aliphatic rings. The monoisotopic (exact) mass is 619 g/mol. The highest BCUT2D eigenvalue weighted by Gasteiger charge is 2.30. The molecule has 1 heterocycles. The smallest absolute Gasteiger partial charge is 0.493 e. The van der Waals surface area contributed by atoms with Crippen molar-refractivity contribution in [2.45, 2.75) is 90.5 Å². The Kier molecular flexibility index (Phi) is 15.2. The largest absolute Gasteiger partial charge is 0.584 e. The van der Waals surface area contributed by atoms with Crippen molar-refractivity contribution in [2.75, 3.05) is 19.6 Å². The molecule has 10 heteroatoms. The first-order valence-corrected chi connectivity index (χ1v) is 17.6. The fourth-order valence-electron chi connectivity index (χ4n) is 4.76. The minimum atomic E-state index is -4.64. The zero-order valence-electron chi connectivity index (χ0n) is 25.0. The van der Waals surface area contributed by atoms with Gasteiger partial charge in [-0.15, -0.1) is 11.8 Å². The van der Waals surface area contributed by atoms with Gasteiger partial charge < -0.3 is 23.4 Å². The summed E-state index contributed by atoms with van der Waals surface area (Å²) in [5.74, 6) is 0.402. The first-order chi connectivity index (χ1) is 20.4. The van der Waals surface area contributed by atoms with Crippen molar-refractivity contribution < 1.29 is 32.8 Å². The summed E-state index contributed by atoms with van der Waals surface area (Å²) >= 11 is 1.70. The average Bonchev–Trinajstić information content (AvgIpc) is 3.48. The molecule has 1 atom stereocenters. The van der Waals surface area contributed by atoms with Crippen molar-refractivity contribution in [3.8, 4) is 17.2 Å². The minimum absolute atomic E-state index is 0.0520. The van der Waals surface area contributed by atoms with Crippen LogP contribution in [0.4, 0.5) is 0 Å². The lowest BCUT2D eigenvalue weighted by atomic mass is 10.1. The standard InChI is InChI=1S/C32H46NO7PS/c1-3-4-5-6-7-8-9-10-11-12-13-14-22-38-29-19-16-20-30(31(29)32(34)37-2)40-41(35,36)39-28-18-15-17-27(24-28)25-33-21-23-42-26-33/h15-21,23-24H,3-14,22,25-26H2,1-2H3,(H,35,36). The summed E-state index contributed by atoms with van der Waals surface area (Å²) in [4.78, 5) is 25.3. The molecule has 232 valence electrons. The van der Waals surface area contributed by atoms with Gasteiger partial charge in [-0.05, 0) is 41.7 Å². The fraction of sp³-hybridized carbons (Fsp3) is 0.531. The number of hydrogen-bond donors (Lipinski definition) is 1. The summed E-state index contributed by atoms with van der Waals surface area (Å²) in [6, 6.07) is 11.6. The SMILES string of the molecule is CCCCCCCCCCCCCCOc1cccc(OP(=O)(O)Oc2cccc(CN3C=CSC3)c2)c1C(=O)OC. The predicted octanol–water partition coefficient (Wildman–Crippen LogP) is 9.09. The Balaban J connectivity index is 1.48. The van der Waals surface area contributed by atoms with Gasteiger partial charge in [0, 0.05) is 12.7 Å². The Bertz CT molecular complexity index is 1180. The summed E-state index contributed by atoms with van der Waals surface area (Å²) in [7, 11) is -3.41. The number of carbonyl (C=O) groups is 1. The Morgan fingerprint density at radius 3 is 2.19 bits per heavy atom. The van der Waals surface area contributed by atoms with Gasteiger partial charge in [-0.25, -0.2) is 9.36 Å². The molecule has 0 radical (unpaired) electrons. The normalized spacial score (nSPS) is 14.0. The Hall–Kier alpha value is -2.61. The maximum atomic E-state index is 13.0. The molecule has 0 amide bonds. The number of rotatable bonds is 21. The lowest BCUT2D eigenvalue weighted by molar-refractivity contribution is 0.0593. The third-order valence-corrected chi connectivity index (χ3v) is 8.62. The quantitative estimate of drug-likeness (QED) is 0.0834. The maximum Gasteiger partial charge on any atom is 0.584 e. The van der Waals surface area contributed by atoms with Crippen LogP contribution in [0.15, 0.2) is 54.1 Å². The molecule has 0 spiro atoms. The van der Waals surface area contributed by atoms with Crippen molar-refractivity contribution in [3.05, 3.63) is 65.2 Å². The highest BCUT2D eigenvalue weighted by atomic mass is 32.2. The fourth-order valence-corrected chi connectivity index (χ4v) is 6.29. The van der Waals surface area contributed by atoms with Gasteiger partial charge in [0.25, 0.3) is 0 Å². The van der Waals surface area contributed by atoms with Gasteiger partial charge in [-0.2, -0.15) is 0 Å². The lowest BCUT2D eigenvalue weighted by Crippen LogP contribution is -2.12. The van der Waals surface area contributed by atoms with Crippen LogP contribution in [0.25, 0.3) is 0 Å². The molecule has 3 rings (SSSR count). The van der Waals surface area contributed by atoms with E-state index in [0.717, 1.165) is 30.7 Å². The number of methoxy groups -OCH3 is 1. The van der Waals surface area contributed by atoms with Crippen molar-refractivity contribution >= 4 is 25.6 Å². The van der Waals surface area contributed by atoms with E-state index in [1.807, 2.05) is 17.7 Å². The Labute approximate surface area is 255 Å². The van der Waals surface area contributed by atoms with Crippen LogP contribution in [0.2, 0.25) is 0 Å². The van der Waals surface area contributed by atoms with Gasteiger partial charge in [-0.3, -0.25) is 4.89 Å². The van der Waals surface area contributed by atoms with Crippen LogP contribution in [-0.4, -0.2) is 35.4 Å². The second-order valence-corrected chi connectivity index (χ2v) is 12.7. The van der Waals surface area contributed by atoms with Crippen LogP contribution in [0, 0.1) is 0 Å². The molecule has 0 bridgehead atoms. The van der Waals surface area contributed by atoms with E-state index in [0.29, 0.717) is 13.2 Å². The predicted molar refractivity (Wildman–Crippen MR) is 169 cm³/mol. The summed E-state index contributed by atoms with van der Waals surface area (Å²) in [5, 5.41) is 2.02. The molecular formula is C32H46NO7PS. The number of hydrogen-bond acceptors (Lipinski definition) is 8. The van der Waals surface area contributed by atoms with Gasteiger partial charge in [0.1, 0.15) is 17.1 Å². The average molecular weight is 620 g/mol. The van der Waals surface area contributed by atoms with Gasteiger partial charge in [0.15, 0.2) is 5.75 Å². The highest BCUT2D eigenvalue weighted by Crippen LogP contribution is 2.46. The molecule has 42 heavy (non-hydrogen) atoms. The first kappa shape index (κ1) is 33.9. The van der Waals surface area contributed by atoms with Crippen LogP contribution in [0.3, 0.4) is 0 Å². The van der Waals surface area contributed by atoms with Crippen LogP contribution < -0.4 is 13.8 Å². The number of benzene rings is 2. The van der Waals surface area contributed by atoms with Crippen LogP contribution >= 0.6 is 19.6 Å². The minimum Gasteiger partial charge on any atom is -0.493 e. The second-order valence-electron chi connectivity index (χ2n) is 10.5. The van der Waals surface area contributed by atoms with E-state index in [9.17, 15) is 14.3 Å². The van der Waals surface area contributed by atoms with Gasteiger partial charge in [0.05, 0.1) is 19.6 Å². The van der Waals surface area contributed by atoms with Gasteiger partial charge in [-0.1, -0.05) is 95.8 Å². The molecule has 0 saturated heterocycles. The number of phosphoric acid groups is 1. The van der Waals surface area contributed by atoms with E-state index >= 15 is 0 Å². The van der Waals surface area contributed by atoms with E-state index in [2.05, 4.69) is 11.8 Å². The van der Waals surface area contributed by atoms with Gasteiger partial charge in [0.2, 0.25) is 0 Å². The molecule has 0 fully saturated rings. The van der Waals surface area contributed by atoms with Crippen molar-refractivity contribution in [2.24, 2.45) is 0 Å². The maximum absolute atomic E-state index is 13.0. The summed E-state index contributed by atoms with van der Waals surface area (Å²) in [6.07, 6.45) is 16.8. The number of phosphoric ester groups is 1. The molecule has 8 nitrogen and oxygen atoms in total. The molecule has 1 aliphatic heterocycles. The molecule has 0 saturated carbocycles. The summed E-state index contributed by atoms with van der Waals surface area (Å²) < 4.78 is 34.5. The molecule has 0 aliphatic carbocycles. The number of esters is 1. The molecule has 1 unspecified atom stereocenters. The number of thioether (sulfide) groups is 1. The Morgan fingerprint density at radius 2 is 1.55 bits per heavy atom. The number of nitrogens with zero attached hydrogens (tertiary/aromatic N) is 1. The van der Waals surface area contributed by atoms with E-state index in [1.54, 1.807) is 42.1 Å². The Morgan fingerprint density at radius 1 is 0.905 bits per heavy atom. The van der Waals surface area contributed by atoms with E-state index < -0.39 is 13.8 Å². The first-order valence-electron chi connectivity index (χ1n) is 15.1.